The van der Waals surface area contributed by atoms with Crippen LogP contribution in [0.5, 0.6) is 0 Å². The Morgan fingerprint density at radius 2 is 2.47 bits per heavy atom. The lowest BCUT2D eigenvalue weighted by atomic mass is 9.99. The molecule has 0 spiro atoms. The van der Waals surface area contributed by atoms with Gasteiger partial charge >= 0.3 is 0 Å². The molecule has 0 unspecified atom stereocenters. The lowest BCUT2D eigenvalue weighted by molar-refractivity contribution is -0.133. The molecule has 104 valence electrons. The minimum absolute atomic E-state index is 0. The van der Waals surface area contributed by atoms with Crippen molar-refractivity contribution < 1.29 is 4.79 Å². The van der Waals surface area contributed by atoms with Crippen molar-refractivity contribution in [3.05, 3.63) is 22.4 Å². The Balaban J connectivity index is 0.00000180. The molecule has 1 aromatic heterocycles. The maximum absolute atomic E-state index is 12.7. The number of terminal acetylenes is 1. The standard InChI is InChI=1S/C14H18N2OS.ClH/c1-3-7-16(4-2)13(17)14(9-11(14)10-15)12-6-5-8-18-12;/h1,5-6,8,11H,4,7,9-10,15H2,2H3;1H/t11-,14-;/m0./s1. The minimum atomic E-state index is -0.393. The molecular formula is C14H19ClN2OS. The molecule has 2 rings (SSSR count). The predicted molar refractivity (Wildman–Crippen MR) is 81.5 cm³/mol. The van der Waals surface area contributed by atoms with E-state index in [-0.39, 0.29) is 24.2 Å². The monoisotopic (exact) mass is 298 g/mol. The number of hydrogen-bond donors (Lipinski definition) is 1. The fraction of sp³-hybridized carbons (Fsp3) is 0.500. The van der Waals surface area contributed by atoms with Crippen LogP contribution >= 0.6 is 23.7 Å². The first-order chi connectivity index (χ1) is 8.70. The van der Waals surface area contributed by atoms with E-state index in [1.807, 2.05) is 24.4 Å². The van der Waals surface area contributed by atoms with Gasteiger partial charge in [-0.05, 0) is 37.3 Å². The second kappa shape index (κ2) is 6.42. The Morgan fingerprint density at radius 1 is 1.74 bits per heavy atom. The average Bonchev–Trinajstić information content (AvgIpc) is 2.88. The molecule has 3 nitrogen and oxygen atoms in total. The van der Waals surface area contributed by atoms with Crippen molar-refractivity contribution in [2.45, 2.75) is 18.8 Å². The van der Waals surface area contributed by atoms with E-state index in [9.17, 15) is 4.79 Å². The number of carbonyl (C=O) groups is 1. The summed E-state index contributed by atoms with van der Waals surface area (Å²) >= 11 is 1.63. The maximum Gasteiger partial charge on any atom is 0.235 e. The van der Waals surface area contributed by atoms with Crippen molar-refractivity contribution in [3.8, 4) is 12.3 Å². The Hall–Kier alpha value is -1.02. The lowest BCUT2D eigenvalue weighted by Crippen LogP contribution is -2.40. The summed E-state index contributed by atoms with van der Waals surface area (Å²) in [5.74, 6) is 2.95. The summed E-state index contributed by atoms with van der Waals surface area (Å²) in [6, 6.07) is 4.01. The molecule has 1 heterocycles. The molecule has 1 saturated carbocycles. The van der Waals surface area contributed by atoms with Gasteiger partial charge in [-0.15, -0.1) is 30.2 Å². The molecule has 1 aliphatic carbocycles. The van der Waals surface area contributed by atoms with Crippen LogP contribution in [0.4, 0.5) is 0 Å². The van der Waals surface area contributed by atoms with Crippen LogP contribution in [0.3, 0.4) is 0 Å². The topological polar surface area (TPSA) is 46.3 Å². The van der Waals surface area contributed by atoms with Gasteiger partial charge in [-0.2, -0.15) is 0 Å². The van der Waals surface area contributed by atoms with Gasteiger partial charge in [0.05, 0.1) is 12.0 Å². The molecule has 0 radical (unpaired) electrons. The molecule has 0 aliphatic heterocycles. The maximum atomic E-state index is 12.7. The minimum Gasteiger partial charge on any atom is -0.331 e. The highest BCUT2D eigenvalue weighted by atomic mass is 35.5. The summed E-state index contributed by atoms with van der Waals surface area (Å²) in [5.41, 5.74) is 5.37. The molecule has 2 atom stereocenters. The van der Waals surface area contributed by atoms with Crippen molar-refractivity contribution in [2.75, 3.05) is 19.6 Å². The number of likely N-dealkylation sites (N-methyl/N-ethyl adjacent to an activating group) is 1. The highest BCUT2D eigenvalue weighted by molar-refractivity contribution is 7.10. The molecule has 1 fully saturated rings. The number of nitrogens with zero attached hydrogens (tertiary/aromatic N) is 1. The first-order valence-electron chi connectivity index (χ1n) is 6.17. The highest BCUT2D eigenvalue weighted by Gasteiger charge is 2.61. The SMILES string of the molecule is C#CCN(CC)C(=O)[C@@]1(c2cccs2)C[C@H]1CN.Cl. The van der Waals surface area contributed by atoms with Crippen LogP contribution in [-0.4, -0.2) is 30.4 Å². The van der Waals surface area contributed by atoms with Crippen molar-refractivity contribution in [2.24, 2.45) is 11.7 Å². The molecule has 5 heteroatoms. The third-order valence-electron chi connectivity index (χ3n) is 3.68. The average molecular weight is 299 g/mol. The van der Waals surface area contributed by atoms with Gasteiger partial charge in [-0.3, -0.25) is 4.79 Å². The van der Waals surface area contributed by atoms with E-state index in [0.717, 1.165) is 11.3 Å². The Bertz CT molecular complexity index is 468. The van der Waals surface area contributed by atoms with E-state index in [1.165, 1.54) is 0 Å². The van der Waals surface area contributed by atoms with Crippen LogP contribution in [-0.2, 0) is 10.2 Å². The zero-order valence-electron chi connectivity index (χ0n) is 11.0. The molecular weight excluding hydrogens is 280 g/mol. The highest BCUT2D eigenvalue weighted by Crippen LogP contribution is 2.56. The van der Waals surface area contributed by atoms with Gasteiger partial charge in [0.25, 0.3) is 0 Å². The summed E-state index contributed by atoms with van der Waals surface area (Å²) in [7, 11) is 0. The lowest BCUT2D eigenvalue weighted by Gasteiger charge is -2.24. The van der Waals surface area contributed by atoms with E-state index < -0.39 is 5.41 Å². The van der Waals surface area contributed by atoms with Crippen LogP contribution in [0.1, 0.15) is 18.2 Å². The molecule has 1 amide bonds. The quantitative estimate of drug-likeness (QED) is 0.844. The van der Waals surface area contributed by atoms with Crippen molar-refractivity contribution >= 4 is 29.7 Å². The van der Waals surface area contributed by atoms with Crippen LogP contribution in [0.2, 0.25) is 0 Å². The number of rotatable bonds is 5. The number of thiophene rings is 1. The number of amides is 1. The van der Waals surface area contributed by atoms with Crippen LogP contribution in [0, 0.1) is 18.3 Å². The summed E-state index contributed by atoms with van der Waals surface area (Å²) in [6.07, 6.45) is 6.18. The Labute approximate surface area is 124 Å². The number of halogens is 1. The van der Waals surface area contributed by atoms with Crippen LogP contribution in [0.15, 0.2) is 17.5 Å². The van der Waals surface area contributed by atoms with Gasteiger partial charge in [0.2, 0.25) is 5.91 Å². The smallest absolute Gasteiger partial charge is 0.235 e. The van der Waals surface area contributed by atoms with E-state index in [2.05, 4.69) is 5.92 Å². The molecule has 0 saturated heterocycles. The van der Waals surface area contributed by atoms with Gasteiger partial charge in [-0.25, -0.2) is 0 Å². The van der Waals surface area contributed by atoms with E-state index in [1.54, 1.807) is 16.2 Å². The summed E-state index contributed by atoms with van der Waals surface area (Å²) < 4.78 is 0. The zero-order chi connectivity index (χ0) is 13.2. The second-order valence-corrected chi connectivity index (χ2v) is 5.56. The van der Waals surface area contributed by atoms with Gasteiger partial charge in [0.1, 0.15) is 0 Å². The predicted octanol–water partition coefficient (Wildman–Crippen LogP) is 1.87. The normalized spacial score (nSPS) is 24.2. The molecule has 1 aromatic rings. The fourth-order valence-electron chi connectivity index (χ4n) is 2.54. The molecule has 1 aliphatic rings. The summed E-state index contributed by atoms with van der Waals surface area (Å²) in [4.78, 5) is 15.6. The van der Waals surface area contributed by atoms with Crippen LogP contribution < -0.4 is 5.73 Å². The van der Waals surface area contributed by atoms with Gasteiger partial charge in [0.15, 0.2) is 0 Å². The third-order valence-corrected chi connectivity index (χ3v) is 4.73. The van der Waals surface area contributed by atoms with Crippen molar-refractivity contribution in [1.29, 1.82) is 0 Å². The van der Waals surface area contributed by atoms with Gasteiger partial charge in [0, 0.05) is 11.4 Å². The molecule has 19 heavy (non-hydrogen) atoms. The molecule has 0 bridgehead atoms. The summed E-state index contributed by atoms with van der Waals surface area (Å²) in [5, 5.41) is 2.01. The van der Waals surface area contributed by atoms with Gasteiger partial charge < -0.3 is 10.6 Å². The largest absolute Gasteiger partial charge is 0.331 e. The molecule has 2 N–H and O–H groups in total. The van der Waals surface area contributed by atoms with Crippen LogP contribution in [0.25, 0.3) is 0 Å². The van der Waals surface area contributed by atoms with E-state index >= 15 is 0 Å². The number of nitrogens with two attached hydrogens (primary N) is 1. The second-order valence-electron chi connectivity index (χ2n) is 4.61. The first-order valence-corrected chi connectivity index (χ1v) is 7.05. The number of hydrogen-bond acceptors (Lipinski definition) is 3. The summed E-state index contributed by atoms with van der Waals surface area (Å²) in [6.45, 7) is 3.53. The Morgan fingerprint density at radius 3 is 2.89 bits per heavy atom. The van der Waals surface area contributed by atoms with E-state index in [0.29, 0.717) is 19.6 Å². The van der Waals surface area contributed by atoms with Crippen molar-refractivity contribution in [1.82, 2.24) is 4.90 Å². The zero-order valence-corrected chi connectivity index (χ0v) is 12.6. The third kappa shape index (κ3) is 2.64. The fourth-order valence-corrected chi connectivity index (χ4v) is 3.54. The molecule has 0 aromatic carbocycles. The number of carbonyl (C=O) groups excluding carboxylic acids is 1. The van der Waals surface area contributed by atoms with Crippen molar-refractivity contribution in [3.63, 3.8) is 0 Å². The van der Waals surface area contributed by atoms with E-state index in [4.69, 9.17) is 12.2 Å². The first kappa shape index (κ1) is 16.0. The van der Waals surface area contributed by atoms with Gasteiger partial charge in [-0.1, -0.05) is 12.0 Å². The Kier molecular flexibility index (Phi) is 5.42.